The van der Waals surface area contributed by atoms with Gasteiger partial charge in [0.15, 0.2) is 0 Å². The zero-order valence-corrected chi connectivity index (χ0v) is 8.87. The lowest BCUT2D eigenvalue weighted by Gasteiger charge is -2.22. The summed E-state index contributed by atoms with van der Waals surface area (Å²) in [6, 6.07) is 0. The Kier molecular flexibility index (Phi) is 4.82. The fourth-order valence-electron chi connectivity index (χ4n) is 1.14. The van der Waals surface area contributed by atoms with Gasteiger partial charge in [-0.3, -0.25) is 0 Å². The van der Waals surface area contributed by atoms with Crippen molar-refractivity contribution in [1.82, 2.24) is 0 Å². The molecule has 0 saturated carbocycles. The molecule has 0 radical (unpaired) electrons. The summed E-state index contributed by atoms with van der Waals surface area (Å²) in [5.41, 5.74) is 5.63. The van der Waals surface area contributed by atoms with E-state index in [9.17, 15) is 8.78 Å². The highest BCUT2D eigenvalue weighted by Gasteiger charge is 2.21. The number of nitrogens with two attached hydrogens (primary N) is 1. The van der Waals surface area contributed by atoms with E-state index in [-0.39, 0.29) is 11.8 Å². The van der Waals surface area contributed by atoms with Crippen LogP contribution in [0.1, 0.15) is 46.5 Å². The summed E-state index contributed by atoms with van der Waals surface area (Å²) in [5, 5.41) is 0. The second-order valence-corrected chi connectivity index (χ2v) is 4.65. The van der Waals surface area contributed by atoms with Gasteiger partial charge in [0, 0.05) is 6.42 Å². The quantitative estimate of drug-likeness (QED) is 0.644. The van der Waals surface area contributed by atoms with Crippen molar-refractivity contribution in [3.8, 4) is 0 Å². The van der Waals surface area contributed by atoms with E-state index in [1.165, 1.54) is 0 Å². The van der Waals surface area contributed by atoms with Crippen LogP contribution < -0.4 is 5.73 Å². The van der Waals surface area contributed by atoms with E-state index < -0.39 is 5.92 Å². The standard InChI is InChI=1S/C10H21F2N/c1-9(2,8-13)6-4-5-7-10(3,11)12/h4-8,13H2,1-3H3. The van der Waals surface area contributed by atoms with E-state index in [0.717, 1.165) is 19.8 Å². The number of halogens is 2. The van der Waals surface area contributed by atoms with Gasteiger partial charge in [0.05, 0.1) is 0 Å². The highest BCUT2D eigenvalue weighted by atomic mass is 19.3. The van der Waals surface area contributed by atoms with E-state index in [1.807, 2.05) is 0 Å². The molecule has 0 aromatic rings. The first kappa shape index (κ1) is 12.8. The van der Waals surface area contributed by atoms with E-state index in [1.54, 1.807) is 0 Å². The molecule has 0 atom stereocenters. The van der Waals surface area contributed by atoms with E-state index in [4.69, 9.17) is 5.73 Å². The molecule has 2 N–H and O–H groups in total. The van der Waals surface area contributed by atoms with Crippen LogP contribution in [0.3, 0.4) is 0 Å². The molecule has 13 heavy (non-hydrogen) atoms. The molecule has 0 aliphatic carbocycles. The Morgan fingerprint density at radius 1 is 1.00 bits per heavy atom. The van der Waals surface area contributed by atoms with Gasteiger partial charge in [-0.15, -0.1) is 0 Å². The van der Waals surface area contributed by atoms with Gasteiger partial charge in [-0.2, -0.15) is 0 Å². The Hall–Kier alpha value is -0.180. The van der Waals surface area contributed by atoms with Crippen molar-refractivity contribution in [2.75, 3.05) is 6.54 Å². The van der Waals surface area contributed by atoms with Gasteiger partial charge in [0.1, 0.15) is 0 Å². The maximum absolute atomic E-state index is 12.4. The number of hydrogen-bond acceptors (Lipinski definition) is 1. The number of alkyl halides is 2. The zero-order chi connectivity index (χ0) is 10.5. The van der Waals surface area contributed by atoms with E-state index >= 15 is 0 Å². The van der Waals surface area contributed by atoms with E-state index in [2.05, 4.69) is 13.8 Å². The van der Waals surface area contributed by atoms with Gasteiger partial charge in [-0.1, -0.05) is 20.3 Å². The van der Waals surface area contributed by atoms with Gasteiger partial charge < -0.3 is 5.73 Å². The lowest BCUT2D eigenvalue weighted by atomic mass is 9.87. The lowest BCUT2D eigenvalue weighted by molar-refractivity contribution is 0.00975. The largest absolute Gasteiger partial charge is 0.330 e. The van der Waals surface area contributed by atoms with Crippen LogP contribution in [0.15, 0.2) is 0 Å². The molecule has 0 bridgehead atoms. The summed E-state index contributed by atoms with van der Waals surface area (Å²) in [6.07, 6.45) is 2.35. The lowest BCUT2D eigenvalue weighted by Crippen LogP contribution is -2.23. The normalized spacial score (nSPS) is 13.4. The van der Waals surface area contributed by atoms with Crippen LogP contribution in [0.25, 0.3) is 0 Å². The van der Waals surface area contributed by atoms with Crippen molar-refractivity contribution < 1.29 is 8.78 Å². The van der Waals surface area contributed by atoms with Gasteiger partial charge in [0.2, 0.25) is 5.92 Å². The topological polar surface area (TPSA) is 26.0 Å². The molecule has 0 aliphatic heterocycles. The molecule has 0 aromatic carbocycles. The van der Waals surface area contributed by atoms with Crippen LogP contribution in [0.4, 0.5) is 8.78 Å². The zero-order valence-electron chi connectivity index (χ0n) is 8.87. The van der Waals surface area contributed by atoms with Crippen LogP contribution in [-0.4, -0.2) is 12.5 Å². The fraction of sp³-hybridized carbons (Fsp3) is 1.00. The van der Waals surface area contributed by atoms with Crippen molar-refractivity contribution in [1.29, 1.82) is 0 Å². The van der Waals surface area contributed by atoms with E-state index in [0.29, 0.717) is 13.0 Å². The van der Waals surface area contributed by atoms with Crippen LogP contribution >= 0.6 is 0 Å². The third kappa shape index (κ3) is 8.16. The predicted molar refractivity (Wildman–Crippen MR) is 51.9 cm³/mol. The smallest absolute Gasteiger partial charge is 0.245 e. The minimum Gasteiger partial charge on any atom is -0.330 e. The summed E-state index contributed by atoms with van der Waals surface area (Å²) in [6.45, 7) is 5.73. The van der Waals surface area contributed by atoms with Crippen LogP contribution in [0.5, 0.6) is 0 Å². The summed E-state index contributed by atoms with van der Waals surface area (Å²) >= 11 is 0. The Morgan fingerprint density at radius 2 is 1.46 bits per heavy atom. The van der Waals surface area contributed by atoms with Gasteiger partial charge in [-0.05, 0) is 31.7 Å². The Labute approximate surface area is 79.7 Å². The average Bonchev–Trinajstić information content (AvgIpc) is 1.97. The molecule has 80 valence electrons. The minimum absolute atomic E-state index is 0.00630. The highest BCUT2D eigenvalue weighted by molar-refractivity contribution is 4.69. The van der Waals surface area contributed by atoms with Crippen molar-refractivity contribution in [2.45, 2.75) is 52.4 Å². The molecule has 0 spiro atoms. The van der Waals surface area contributed by atoms with Crippen molar-refractivity contribution in [3.63, 3.8) is 0 Å². The summed E-state index contributed by atoms with van der Waals surface area (Å²) < 4.78 is 24.8. The molecule has 0 aliphatic rings. The second-order valence-electron chi connectivity index (χ2n) is 4.65. The number of hydrogen-bond donors (Lipinski definition) is 1. The molecule has 1 nitrogen and oxygen atoms in total. The predicted octanol–water partition coefficient (Wildman–Crippen LogP) is 3.19. The third-order valence-corrected chi connectivity index (χ3v) is 2.27. The highest BCUT2D eigenvalue weighted by Crippen LogP contribution is 2.25. The molecule has 0 fully saturated rings. The Morgan fingerprint density at radius 3 is 1.85 bits per heavy atom. The van der Waals surface area contributed by atoms with Crippen LogP contribution in [-0.2, 0) is 0 Å². The van der Waals surface area contributed by atoms with Crippen molar-refractivity contribution in [2.24, 2.45) is 11.1 Å². The molecule has 0 saturated heterocycles. The van der Waals surface area contributed by atoms with Crippen LogP contribution in [0, 0.1) is 5.41 Å². The summed E-state index contributed by atoms with van der Waals surface area (Å²) in [7, 11) is 0. The first-order valence-electron chi connectivity index (χ1n) is 4.85. The maximum Gasteiger partial charge on any atom is 0.245 e. The van der Waals surface area contributed by atoms with Crippen molar-refractivity contribution in [3.05, 3.63) is 0 Å². The second kappa shape index (κ2) is 4.89. The minimum atomic E-state index is -2.51. The summed E-state index contributed by atoms with van der Waals surface area (Å²) in [5.74, 6) is -2.51. The average molecular weight is 193 g/mol. The molecule has 0 rings (SSSR count). The fourth-order valence-corrected chi connectivity index (χ4v) is 1.14. The molecule has 0 unspecified atom stereocenters. The molecule has 3 heteroatoms. The first-order valence-corrected chi connectivity index (χ1v) is 4.85. The van der Waals surface area contributed by atoms with Gasteiger partial charge in [-0.25, -0.2) is 8.78 Å². The Bertz CT molecular complexity index is 138. The molecular weight excluding hydrogens is 172 g/mol. The maximum atomic E-state index is 12.4. The molecule has 0 heterocycles. The first-order chi connectivity index (χ1) is 5.77. The molecular formula is C10H21F2N. The molecule has 0 aromatic heterocycles. The third-order valence-electron chi connectivity index (χ3n) is 2.27. The Balaban J connectivity index is 3.47. The summed E-state index contributed by atoms with van der Waals surface area (Å²) in [4.78, 5) is 0. The van der Waals surface area contributed by atoms with Gasteiger partial charge >= 0.3 is 0 Å². The van der Waals surface area contributed by atoms with Crippen LogP contribution in [0.2, 0.25) is 0 Å². The monoisotopic (exact) mass is 193 g/mol. The SMILES string of the molecule is CC(F)(F)CCCCC(C)(C)CN. The molecule has 0 amide bonds. The number of rotatable bonds is 6. The van der Waals surface area contributed by atoms with Gasteiger partial charge in [0.25, 0.3) is 0 Å². The number of unbranched alkanes of at least 4 members (excludes halogenated alkanes) is 1. The van der Waals surface area contributed by atoms with Crippen molar-refractivity contribution >= 4 is 0 Å².